The van der Waals surface area contributed by atoms with E-state index >= 15 is 0 Å². The average Bonchev–Trinajstić information content (AvgIpc) is 3.08. The smallest absolute Gasteiger partial charge is 0.135 e. The first-order valence-corrected chi connectivity index (χ1v) is 7.41. The zero-order valence-corrected chi connectivity index (χ0v) is 13.8. The minimum Gasteiger partial charge on any atom is -0.330 e. The van der Waals surface area contributed by atoms with Crippen molar-refractivity contribution in [3.63, 3.8) is 0 Å². The molecule has 1 fully saturated rings. The fourth-order valence-corrected chi connectivity index (χ4v) is 3.05. The molecule has 2 aromatic rings. The van der Waals surface area contributed by atoms with Crippen LogP contribution in [0, 0.1) is 17.0 Å². The number of hydrogen-bond acceptors (Lipinski definition) is 3. The van der Waals surface area contributed by atoms with E-state index in [0.717, 1.165) is 25.1 Å². The maximum atomic E-state index is 14.0. The molecule has 0 amide bonds. The molecule has 1 saturated heterocycles. The Hall–Kier alpha value is -1.50. The van der Waals surface area contributed by atoms with Crippen LogP contribution >= 0.6 is 12.4 Å². The Morgan fingerprint density at radius 1 is 1.35 bits per heavy atom. The van der Waals surface area contributed by atoms with Gasteiger partial charge in [0.05, 0.1) is 17.5 Å². The summed E-state index contributed by atoms with van der Waals surface area (Å²) in [4.78, 5) is 2.25. The summed E-state index contributed by atoms with van der Waals surface area (Å²) in [6.45, 7) is 5.23. The monoisotopic (exact) mass is 342 g/mol. The van der Waals surface area contributed by atoms with Gasteiger partial charge in [-0.25, -0.2) is 8.78 Å². The Morgan fingerprint density at radius 3 is 2.65 bits per heavy atom. The predicted molar refractivity (Wildman–Crippen MR) is 88.2 cm³/mol. The van der Waals surface area contributed by atoms with Crippen LogP contribution in [0.2, 0.25) is 0 Å². The Morgan fingerprint density at radius 2 is 2.04 bits per heavy atom. The SMILES string of the molecule is CC1(CN)CCN(Cc2cn[nH]c2-c2c(F)cccc2F)C1.Cl. The van der Waals surface area contributed by atoms with Gasteiger partial charge >= 0.3 is 0 Å². The van der Waals surface area contributed by atoms with Gasteiger partial charge in [0.1, 0.15) is 11.6 Å². The molecule has 3 rings (SSSR count). The first-order valence-electron chi connectivity index (χ1n) is 7.41. The van der Waals surface area contributed by atoms with Gasteiger partial charge in [0.2, 0.25) is 0 Å². The highest BCUT2D eigenvalue weighted by molar-refractivity contribution is 5.85. The number of rotatable bonds is 4. The Kier molecular flexibility index (Phi) is 5.39. The third-order valence-electron chi connectivity index (χ3n) is 4.45. The Balaban J connectivity index is 0.00000192. The van der Waals surface area contributed by atoms with E-state index in [0.29, 0.717) is 18.8 Å². The van der Waals surface area contributed by atoms with E-state index in [4.69, 9.17) is 5.73 Å². The quantitative estimate of drug-likeness (QED) is 0.898. The molecule has 0 saturated carbocycles. The van der Waals surface area contributed by atoms with Gasteiger partial charge in [-0.2, -0.15) is 5.10 Å². The standard InChI is InChI=1S/C16H20F2N4.ClH/c1-16(9-19)5-6-22(10-16)8-11-7-20-21-15(11)14-12(17)3-2-4-13(14)18;/h2-4,7H,5-6,8-10,19H2,1H3,(H,20,21);1H. The van der Waals surface area contributed by atoms with Gasteiger partial charge in [-0.3, -0.25) is 10.00 Å². The van der Waals surface area contributed by atoms with Gasteiger partial charge in [0, 0.05) is 18.7 Å². The topological polar surface area (TPSA) is 57.9 Å². The van der Waals surface area contributed by atoms with Gasteiger partial charge in [-0.1, -0.05) is 13.0 Å². The Bertz CT molecular complexity index is 656. The van der Waals surface area contributed by atoms with Gasteiger partial charge in [0.15, 0.2) is 0 Å². The third kappa shape index (κ3) is 3.54. The molecule has 1 aromatic carbocycles. The van der Waals surface area contributed by atoms with Crippen molar-refractivity contribution in [3.05, 3.63) is 41.6 Å². The third-order valence-corrected chi connectivity index (χ3v) is 4.45. The molecule has 1 unspecified atom stereocenters. The summed E-state index contributed by atoms with van der Waals surface area (Å²) in [5, 5.41) is 6.70. The summed E-state index contributed by atoms with van der Waals surface area (Å²) in [6, 6.07) is 3.87. The summed E-state index contributed by atoms with van der Waals surface area (Å²) in [6.07, 6.45) is 2.67. The second-order valence-corrected chi connectivity index (χ2v) is 6.34. The summed E-state index contributed by atoms with van der Waals surface area (Å²) in [5.41, 5.74) is 7.10. The molecule has 2 heterocycles. The molecule has 0 aliphatic carbocycles. The molecule has 3 N–H and O–H groups in total. The zero-order chi connectivity index (χ0) is 15.7. The van der Waals surface area contributed by atoms with Gasteiger partial charge < -0.3 is 5.73 Å². The number of nitrogens with two attached hydrogens (primary N) is 1. The summed E-state index contributed by atoms with van der Waals surface area (Å²) in [7, 11) is 0. The molecule has 1 aliphatic rings. The molecular weight excluding hydrogens is 322 g/mol. The van der Waals surface area contributed by atoms with E-state index in [1.165, 1.54) is 18.2 Å². The minimum atomic E-state index is -0.585. The van der Waals surface area contributed by atoms with Crippen LogP contribution in [-0.4, -0.2) is 34.7 Å². The normalized spacial score (nSPS) is 21.4. The number of halogens is 3. The van der Waals surface area contributed by atoms with Gasteiger partial charge in [-0.05, 0) is 37.1 Å². The summed E-state index contributed by atoms with van der Waals surface area (Å²) >= 11 is 0. The van der Waals surface area contributed by atoms with Gasteiger partial charge in [-0.15, -0.1) is 12.4 Å². The van der Waals surface area contributed by atoms with Crippen LogP contribution in [0.5, 0.6) is 0 Å². The molecule has 1 aromatic heterocycles. The number of benzene rings is 1. The molecule has 4 nitrogen and oxygen atoms in total. The largest absolute Gasteiger partial charge is 0.330 e. The lowest BCUT2D eigenvalue weighted by atomic mass is 9.90. The number of nitrogens with zero attached hydrogens (tertiary/aromatic N) is 2. The number of aromatic nitrogens is 2. The van der Waals surface area contributed by atoms with Crippen molar-refractivity contribution in [2.45, 2.75) is 19.9 Å². The van der Waals surface area contributed by atoms with Crippen molar-refractivity contribution in [2.24, 2.45) is 11.1 Å². The van der Waals surface area contributed by atoms with Crippen LogP contribution in [0.25, 0.3) is 11.3 Å². The number of hydrogen-bond donors (Lipinski definition) is 2. The molecule has 23 heavy (non-hydrogen) atoms. The zero-order valence-electron chi connectivity index (χ0n) is 13.0. The molecule has 0 bridgehead atoms. The lowest BCUT2D eigenvalue weighted by Crippen LogP contribution is -2.31. The van der Waals surface area contributed by atoms with Crippen LogP contribution in [0.3, 0.4) is 0 Å². The van der Waals surface area contributed by atoms with Crippen LogP contribution in [0.4, 0.5) is 8.78 Å². The number of nitrogens with one attached hydrogen (secondary N) is 1. The summed E-state index contributed by atoms with van der Waals surface area (Å²) < 4.78 is 27.9. The molecule has 1 aliphatic heterocycles. The van der Waals surface area contributed by atoms with E-state index < -0.39 is 11.6 Å². The van der Waals surface area contributed by atoms with Crippen molar-refractivity contribution >= 4 is 12.4 Å². The second kappa shape index (κ2) is 6.95. The molecule has 1 atom stereocenters. The lowest BCUT2D eigenvalue weighted by Gasteiger charge is -2.22. The molecule has 126 valence electrons. The van der Waals surface area contributed by atoms with Crippen LogP contribution in [0.15, 0.2) is 24.4 Å². The van der Waals surface area contributed by atoms with E-state index in [1.54, 1.807) is 6.20 Å². The fourth-order valence-electron chi connectivity index (χ4n) is 3.05. The average molecular weight is 343 g/mol. The highest BCUT2D eigenvalue weighted by Gasteiger charge is 2.33. The Labute approximate surface area is 140 Å². The minimum absolute atomic E-state index is 0. The molecule has 7 heteroatoms. The first kappa shape index (κ1) is 17.8. The molecular formula is C16H21ClF2N4. The lowest BCUT2D eigenvalue weighted by molar-refractivity contribution is 0.274. The predicted octanol–water partition coefficient (Wildman–Crippen LogP) is 2.95. The number of likely N-dealkylation sites (tertiary alicyclic amines) is 1. The van der Waals surface area contributed by atoms with Crippen molar-refractivity contribution in [3.8, 4) is 11.3 Å². The maximum Gasteiger partial charge on any atom is 0.135 e. The van der Waals surface area contributed by atoms with E-state index in [9.17, 15) is 8.78 Å². The first-order chi connectivity index (χ1) is 10.5. The molecule has 0 radical (unpaired) electrons. The van der Waals surface area contributed by atoms with Crippen molar-refractivity contribution < 1.29 is 8.78 Å². The number of H-pyrrole nitrogens is 1. The highest BCUT2D eigenvalue weighted by atomic mass is 35.5. The van der Waals surface area contributed by atoms with Gasteiger partial charge in [0.25, 0.3) is 0 Å². The van der Waals surface area contributed by atoms with Crippen molar-refractivity contribution in [1.29, 1.82) is 0 Å². The van der Waals surface area contributed by atoms with Crippen molar-refractivity contribution in [2.75, 3.05) is 19.6 Å². The highest BCUT2D eigenvalue weighted by Crippen LogP contribution is 2.32. The second-order valence-electron chi connectivity index (χ2n) is 6.34. The number of aromatic amines is 1. The van der Waals surface area contributed by atoms with E-state index in [-0.39, 0.29) is 23.4 Å². The fraction of sp³-hybridized carbons (Fsp3) is 0.438. The van der Waals surface area contributed by atoms with E-state index in [1.807, 2.05) is 0 Å². The summed E-state index contributed by atoms with van der Waals surface area (Å²) in [5.74, 6) is -1.17. The maximum absolute atomic E-state index is 14.0. The van der Waals surface area contributed by atoms with Crippen LogP contribution in [0.1, 0.15) is 18.9 Å². The van der Waals surface area contributed by atoms with Crippen LogP contribution < -0.4 is 5.73 Å². The van der Waals surface area contributed by atoms with Crippen LogP contribution in [-0.2, 0) is 6.54 Å². The van der Waals surface area contributed by atoms with E-state index in [2.05, 4.69) is 22.0 Å². The molecule has 0 spiro atoms. The van der Waals surface area contributed by atoms with Crippen molar-refractivity contribution in [1.82, 2.24) is 15.1 Å².